The van der Waals surface area contributed by atoms with Gasteiger partial charge in [-0.05, 0) is 67.6 Å². The average molecular weight is 644 g/mol. The first-order chi connectivity index (χ1) is 24.1. The number of aromatic nitrogens is 1. The molecule has 0 atom stereocenters. The monoisotopic (exact) mass is 643 g/mol. The highest BCUT2D eigenvalue weighted by molar-refractivity contribution is 7.15. The maximum atomic E-state index is 2.55. The zero-order chi connectivity index (χ0) is 33.0. The Labute approximate surface area is 289 Å². The van der Waals surface area contributed by atoms with E-state index in [2.05, 4.69) is 206 Å². The van der Waals surface area contributed by atoms with Crippen LogP contribution in [0, 0.1) is 0 Å². The lowest BCUT2D eigenvalue weighted by Crippen LogP contribution is -2.66. The minimum Gasteiger partial charge on any atom is -0.309 e. The Balaban J connectivity index is 1.16. The van der Waals surface area contributed by atoms with Gasteiger partial charge >= 0.3 is 0 Å². The summed E-state index contributed by atoms with van der Waals surface area (Å²) in [5.41, 5.74) is 12.8. The molecule has 9 rings (SSSR count). The topological polar surface area (TPSA) is 4.93 Å². The third kappa shape index (κ3) is 4.59. The fraction of sp³-hybridized carbons (Fsp3) is 0.0638. The molecular formula is C47H37NSi. The summed E-state index contributed by atoms with van der Waals surface area (Å²) in [4.78, 5) is 0. The van der Waals surface area contributed by atoms with E-state index in [1.807, 2.05) is 0 Å². The summed E-state index contributed by atoms with van der Waals surface area (Å²) in [5, 5.41) is 6.73. The number of hydrogen-bond donors (Lipinski definition) is 0. The summed E-state index contributed by atoms with van der Waals surface area (Å²) in [6.07, 6.45) is 2.39. The molecule has 0 aliphatic heterocycles. The van der Waals surface area contributed by atoms with Crippen molar-refractivity contribution in [2.24, 2.45) is 0 Å². The van der Waals surface area contributed by atoms with Crippen LogP contribution in [-0.2, 0) is 5.41 Å². The molecule has 1 aliphatic rings. The Morgan fingerprint density at radius 3 is 1.45 bits per heavy atom. The van der Waals surface area contributed by atoms with Crippen molar-refractivity contribution < 1.29 is 0 Å². The highest BCUT2D eigenvalue weighted by atomic mass is 28.3. The predicted molar refractivity (Wildman–Crippen MR) is 211 cm³/mol. The van der Waals surface area contributed by atoms with Gasteiger partial charge in [0.05, 0.1) is 11.0 Å². The van der Waals surface area contributed by atoms with Gasteiger partial charge in [-0.25, -0.2) is 0 Å². The van der Waals surface area contributed by atoms with Crippen molar-refractivity contribution in [2.45, 2.75) is 19.3 Å². The molecule has 49 heavy (non-hydrogen) atoms. The molecule has 234 valence electrons. The van der Waals surface area contributed by atoms with E-state index in [0.29, 0.717) is 0 Å². The van der Waals surface area contributed by atoms with Crippen LogP contribution in [0.2, 0.25) is 0 Å². The summed E-state index contributed by atoms with van der Waals surface area (Å²) in [6.45, 7) is 4.77. The zero-order valence-electron chi connectivity index (χ0n) is 27.8. The molecule has 7 aromatic carbocycles. The first-order valence-electron chi connectivity index (χ1n) is 17.2. The third-order valence-corrected chi connectivity index (χ3v) is 15.1. The summed E-state index contributed by atoms with van der Waals surface area (Å²) in [7, 11) is -2.50. The third-order valence-electron chi connectivity index (χ3n) is 10.7. The van der Waals surface area contributed by atoms with E-state index in [0.717, 1.165) is 0 Å². The van der Waals surface area contributed by atoms with Gasteiger partial charge in [-0.2, -0.15) is 0 Å². The van der Waals surface area contributed by atoms with Crippen molar-refractivity contribution in [3.63, 3.8) is 0 Å². The lowest BCUT2D eigenvalue weighted by molar-refractivity contribution is 0.659. The second-order valence-electron chi connectivity index (χ2n) is 13.8. The molecule has 0 saturated heterocycles. The zero-order valence-corrected chi connectivity index (χ0v) is 28.8. The molecule has 1 heterocycles. The van der Waals surface area contributed by atoms with E-state index in [4.69, 9.17) is 0 Å². The minimum atomic E-state index is -2.50. The van der Waals surface area contributed by atoms with Gasteiger partial charge in [0, 0.05) is 21.9 Å². The standard InChI is InChI=1S/C47H37NSi/c1-47(2)43-32-34(30-31-49(36-16-6-3-7-17-36,37-18-8-4-9-19-37)38-20-10-5-11-21-38)26-28-39(43)40-29-27-35(33-44(40)47)48-45-24-14-12-22-41(45)42-23-13-15-25-46(42)48/h3-33H,1-2H3/b31-30+. The molecule has 0 N–H and O–H groups in total. The Bertz CT molecular complexity index is 2360. The van der Waals surface area contributed by atoms with Gasteiger partial charge in [0.15, 0.2) is 8.07 Å². The molecule has 1 aromatic heterocycles. The van der Waals surface area contributed by atoms with Crippen molar-refractivity contribution in [3.8, 4) is 16.8 Å². The van der Waals surface area contributed by atoms with Crippen molar-refractivity contribution >= 4 is 51.5 Å². The number of para-hydroxylation sites is 2. The van der Waals surface area contributed by atoms with Crippen LogP contribution >= 0.6 is 0 Å². The Kier molecular flexibility index (Phi) is 6.89. The van der Waals surface area contributed by atoms with E-state index >= 15 is 0 Å². The molecule has 0 spiro atoms. The fourth-order valence-electron chi connectivity index (χ4n) is 8.30. The van der Waals surface area contributed by atoms with E-state index in [1.54, 1.807) is 0 Å². The largest absolute Gasteiger partial charge is 0.309 e. The summed E-state index contributed by atoms with van der Waals surface area (Å²) < 4.78 is 2.43. The normalized spacial score (nSPS) is 13.6. The molecule has 8 aromatic rings. The van der Waals surface area contributed by atoms with E-state index in [1.165, 1.54) is 70.9 Å². The van der Waals surface area contributed by atoms with Crippen LogP contribution in [0.5, 0.6) is 0 Å². The smallest absolute Gasteiger partial charge is 0.172 e. The van der Waals surface area contributed by atoms with Gasteiger partial charge in [-0.1, -0.05) is 177 Å². The number of rotatable bonds is 6. The SMILES string of the molecule is CC1(C)c2cc(/C=C/[Si](c3ccccc3)(c3ccccc3)c3ccccc3)ccc2-c2ccc(-n3c4ccccc4c4ccccc43)cc21. The van der Waals surface area contributed by atoms with Crippen LogP contribution < -0.4 is 15.6 Å². The van der Waals surface area contributed by atoms with Crippen molar-refractivity contribution in [1.29, 1.82) is 0 Å². The van der Waals surface area contributed by atoms with E-state index in [-0.39, 0.29) is 5.41 Å². The van der Waals surface area contributed by atoms with Crippen LogP contribution in [0.15, 0.2) is 182 Å². The molecule has 0 bridgehead atoms. The van der Waals surface area contributed by atoms with Gasteiger partial charge in [0.2, 0.25) is 0 Å². The van der Waals surface area contributed by atoms with Crippen molar-refractivity contribution in [2.75, 3.05) is 0 Å². The first kappa shape index (κ1) is 29.4. The fourth-order valence-corrected chi connectivity index (χ4v) is 12.5. The molecule has 1 nitrogen and oxygen atoms in total. The van der Waals surface area contributed by atoms with Crippen LogP contribution in [0.25, 0.3) is 44.7 Å². The number of hydrogen-bond acceptors (Lipinski definition) is 0. The van der Waals surface area contributed by atoms with Crippen LogP contribution in [-0.4, -0.2) is 12.6 Å². The first-order valence-corrected chi connectivity index (χ1v) is 19.3. The van der Waals surface area contributed by atoms with Crippen LogP contribution in [0.4, 0.5) is 0 Å². The highest BCUT2D eigenvalue weighted by Gasteiger charge is 2.38. The quantitative estimate of drug-likeness (QED) is 0.126. The number of fused-ring (bicyclic) bond motifs is 6. The van der Waals surface area contributed by atoms with Crippen molar-refractivity contribution in [3.05, 3.63) is 198 Å². The van der Waals surface area contributed by atoms with Crippen LogP contribution in [0.3, 0.4) is 0 Å². The maximum absolute atomic E-state index is 2.55. The molecule has 0 unspecified atom stereocenters. The van der Waals surface area contributed by atoms with Gasteiger partial charge in [-0.3, -0.25) is 0 Å². The molecule has 1 aliphatic carbocycles. The van der Waals surface area contributed by atoms with Gasteiger partial charge < -0.3 is 4.57 Å². The molecule has 0 saturated carbocycles. The molecular weight excluding hydrogens is 607 g/mol. The van der Waals surface area contributed by atoms with E-state index in [9.17, 15) is 0 Å². The Hall–Kier alpha value is -5.70. The lowest BCUT2D eigenvalue weighted by atomic mass is 9.82. The van der Waals surface area contributed by atoms with Gasteiger partial charge in [0.25, 0.3) is 0 Å². The van der Waals surface area contributed by atoms with Gasteiger partial charge in [-0.15, -0.1) is 0 Å². The predicted octanol–water partition coefficient (Wildman–Crippen LogP) is 9.81. The maximum Gasteiger partial charge on any atom is 0.172 e. The molecule has 0 radical (unpaired) electrons. The Morgan fingerprint density at radius 1 is 0.469 bits per heavy atom. The van der Waals surface area contributed by atoms with Crippen molar-refractivity contribution in [1.82, 2.24) is 4.57 Å². The average Bonchev–Trinajstić information content (AvgIpc) is 3.61. The summed E-state index contributed by atoms with van der Waals surface area (Å²) >= 11 is 0. The lowest BCUT2D eigenvalue weighted by Gasteiger charge is -2.31. The van der Waals surface area contributed by atoms with Gasteiger partial charge in [0.1, 0.15) is 0 Å². The minimum absolute atomic E-state index is 0.143. The number of benzene rings is 7. The molecule has 2 heteroatoms. The van der Waals surface area contributed by atoms with Crippen LogP contribution in [0.1, 0.15) is 30.5 Å². The van der Waals surface area contributed by atoms with E-state index < -0.39 is 8.07 Å². The summed E-state index contributed by atoms with van der Waals surface area (Å²) in [5.74, 6) is 0. The second-order valence-corrected chi connectivity index (χ2v) is 17.5. The summed E-state index contributed by atoms with van der Waals surface area (Å²) in [6, 6.07) is 65.0. The molecule has 0 fully saturated rings. The Morgan fingerprint density at radius 2 is 0.918 bits per heavy atom. The second kappa shape index (κ2) is 11.5. The number of nitrogens with zero attached hydrogens (tertiary/aromatic N) is 1. The molecule has 0 amide bonds. The highest BCUT2D eigenvalue weighted by Crippen LogP contribution is 2.50.